The summed E-state index contributed by atoms with van der Waals surface area (Å²) in [6.07, 6.45) is 4.42. The first-order valence-electron chi connectivity index (χ1n) is 10.8. The molecule has 1 aliphatic heterocycles. The number of aliphatic imine (C=N–C) groups is 1. The van der Waals surface area contributed by atoms with Crippen molar-refractivity contribution in [3.05, 3.63) is 48.0 Å². The van der Waals surface area contributed by atoms with Gasteiger partial charge in [-0.1, -0.05) is 37.3 Å². The normalized spacial score (nSPS) is 16.5. The van der Waals surface area contributed by atoms with Crippen LogP contribution in [0.3, 0.4) is 0 Å². The van der Waals surface area contributed by atoms with E-state index < -0.39 is 0 Å². The molecule has 31 heavy (non-hydrogen) atoms. The fourth-order valence-corrected chi connectivity index (χ4v) is 3.67. The molecule has 170 valence electrons. The van der Waals surface area contributed by atoms with E-state index in [9.17, 15) is 4.79 Å². The Morgan fingerprint density at radius 2 is 2.10 bits per heavy atom. The van der Waals surface area contributed by atoms with Crippen LogP contribution in [0.15, 0.2) is 41.7 Å². The monoisotopic (exact) mass is 540 g/mol. The van der Waals surface area contributed by atoms with Crippen LogP contribution in [0.25, 0.3) is 0 Å². The average molecular weight is 540 g/mol. The summed E-state index contributed by atoms with van der Waals surface area (Å²) in [5, 5.41) is 11.6. The summed E-state index contributed by atoms with van der Waals surface area (Å²) in [6, 6.07) is 10.2. The third kappa shape index (κ3) is 7.48. The van der Waals surface area contributed by atoms with Gasteiger partial charge in [-0.3, -0.25) is 4.79 Å². The first-order chi connectivity index (χ1) is 14.7. The number of aryl methyl sites for hydroxylation is 1. The lowest BCUT2D eigenvalue weighted by molar-refractivity contribution is -0.149. The number of guanidine groups is 1. The molecule has 0 saturated carbocycles. The number of halogens is 1. The van der Waals surface area contributed by atoms with Gasteiger partial charge < -0.3 is 19.5 Å². The molecule has 1 saturated heterocycles. The van der Waals surface area contributed by atoms with E-state index in [1.807, 2.05) is 25.1 Å². The van der Waals surface area contributed by atoms with Gasteiger partial charge in [-0.05, 0) is 25.3 Å². The molecule has 1 N–H and O–H groups in total. The highest BCUT2D eigenvalue weighted by molar-refractivity contribution is 14.0. The van der Waals surface area contributed by atoms with Crippen LogP contribution in [0.4, 0.5) is 0 Å². The molecule has 1 aromatic heterocycles. The SMILES string of the molecule is CCOC(=O)C1CCCN(C(=NCc2ccccc2)NCCn2cnnc2CC)C1.I. The topological polar surface area (TPSA) is 84.6 Å². The summed E-state index contributed by atoms with van der Waals surface area (Å²) in [5.41, 5.74) is 1.16. The smallest absolute Gasteiger partial charge is 0.310 e. The Morgan fingerprint density at radius 3 is 2.84 bits per heavy atom. The lowest BCUT2D eigenvalue weighted by Gasteiger charge is -2.34. The zero-order valence-corrected chi connectivity index (χ0v) is 20.7. The first-order valence-corrected chi connectivity index (χ1v) is 10.8. The van der Waals surface area contributed by atoms with Gasteiger partial charge in [-0.15, -0.1) is 34.2 Å². The quantitative estimate of drug-likeness (QED) is 0.240. The maximum atomic E-state index is 12.3. The lowest BCUT2D eigenvalue weighted by Crippen LogP contribution is -2.49. The summed E-state index contributed by atoms with van der Waals surface area (Å²) in [7, 11) is 0. The van der Waals surface area contributed by atoms with Crippen LogP contribution in [-0.4, -0.2) is 57.8 Å². The molecule has 1 unspecified atom stereocenters. The van der Waals surface area contributed by atoms with Crippen molar-refractivity contribution in [2.45, 2.75) is 46.2 Å². The molecule has 0 radical (unpaired) electrons. The Kier molecular flexibility index (Phi) is 10.8. The Bertz CT molecular complexity index is 826. The van der Waals surface area contributed by atoms with Crippen LogP contribution in [0.5, 0.6) is 0 Å². The fourth-order valence-electron chi connectivity index (χ4n) is 3.67. The van der Waals surface area contributed by atoms with Crippen molar-refractivity contribution >= 4 is 35.9 Å². The van der Waals surface area contributed by atoms with Crippen LogP contribution < -0.4 is 5.32 Å². The van der Waals surface area contributed by atoms with Crippen LogP contribution in [-0.2, 0) is 29.0 Å². The van der Waals surface area contributed by atoms with Crippen LogP contribution in [0.2, 0.25) is 0 Å². The molecule has 2 heterocycles. The van der Waals surface area contributed by atoms with Gasteiger partial charge in [0.1, 0.15) is 12.2 Å². The number of rotatable bonds is 8. The molecule has 0 spiro atoms. The molecule has 1 aliphatic rings. The maximum absolute atomic E-state index is 12.3. The van der Waals surface area contributed by atoms with Gasteiger partial charge in [-0.2, -0.15) is 0 Å². The molecular formula is C22H33IN6O2. The number of likely N-dealkylation sites (tertiary alicyclic amines) is 1. The maximum Gasteiger partial charge on any atom is 0.310 e. The number of carbonyl (C=O) groups is 1. The first kappa shape index (κ1) is 25.1. The van der Waals surface area contributed by atoms with Gasteiger partial charge in [0.25, 0.3) is 0 Å². The zero-order valence-electron chi connectivity index (χ0n) is 18.4. The molecule has 9 heteroatoms. The predicted molar refractivity (Wildman–Crippen MR) is 131 cm³/mol. The Hall–Kier alpha value is -2.17. The molecule has 3 rings (SSSR count). The third-order valence-electron chi connectivity index (χ3n) is 5.24. The molecule has 1 atom stereocenters. The minimum absolute atomic E-state index is 0. The Morgan fingerprint density at radius 1 is 1.29 bits per heavy atom. The van der Waals surface area contributed by atoms with Gasteiger partial charge in [-0.25, -0.2) is 4.99 Å². The van der Waals surface area contributed by atoms with Gasteiger partial charge in [0.2, 0.25) is 0 Å². The van der Waals surface area contributed by atoms with Crippen LogP contribution in [0.1, 0.15) is 38.1 Å². The van der Waals surface area contributed by atoms with Crippen molar-refractivity contribution in [3.8, 4) is 0 Å². The Balaban J connectivity index is 0.00000341. The fraction of sp³-hybridized carbons (Fsp3) is 0.545. The highest BCUT2D eigenvalue weighted by Crippen LogP contribution is 2.18. The van der Waals surface area contributed by atoms with Gasteiger partial charge >= 0.3 is 5.97 Å². The van der Waals surface area contributed by atoms with E-state index in [1.54, 1.807) is 6.33 Å². The number of hydrogen-bond acceptors (Lipinski definition) is 5. The third-order valence-corrected chi connectivity index (χ3v) is 5.24. The number of ether oxygens (including phenoxy) is 1. The minimum atomic E-state index is -0.110. The van der Waals surface area contributed by atoms with E-state index in [2.05, 4.69) is 44.0 Å². The summed E-state index contributed by atoms with van der Waals surface area (Å²) < 4.78 is 7.31. The zero-order chi connectivity index (χ0) is 21.2. The molecule has 0 bridgehead atoms. The molecule has 0 aliphatic carbocycles. The highest BCUT2D eigenvalue weighted by atomic mass is 127. The number of piperidine rings is 1. The number of hydrogen-bond donors (Lipinski definition) is 1. The number of esters is 1. The number of benzene rings is 1. The van der Waals surface area contributed by atoms with Crippen molar-refractivity contribution in [2.75, 3.05) is 26.2 Å². The Labute approximate surface area is 201 Å². The molecule has 1 fully saturated rings. The summed E-state index contributed by atoms with van der Waals surface area (Å²) in [5.74, 6) is 1.59. The van der Waals surface area contributed by atoms with Crippen molar-refractivity contribution < 1.29 is 9.53 Å². The summed E-state index contributed by atoms with van der Waals surface area (Å²) in [6.45, 7) is 7.91. The van der Waals surface area contributed by atoms with Gasteiger partial charge in [0.15, 0.2) is 5.96 Å². The van der Waals surface area contributed by atoms with Crippen LogP contribution >= 0.6 is 24.0 Å². The molecule has 0 amide bonds. The summed E-state index contributed by atoms with van der Waals surface area (Å²) >= 11 is 0. The number of aromatic nitrogens is 3. The van der Waals surface area contributed by atoms with Gasteiger partial charge in [0, 0.05) is 32.6 Å². The highest BCUT2D eigenvalue weighted by Gasteiger charge is 2.28. The van der Waals surface area contributed by atoms with Crippen molar-refractivity contribution in [1.82, 2.24) is 25.0 Å². The lowest BCUT2D eigenvalue weighted by atomic mass is 9.98. The van der Waals surface area contributed by atoms with E-state index in [4.69, 9.17) is 9.73 Å². The number of nitrogens with one attached hydrogen (secondary N) is 1. The number of nitrogens with zero attached hydrogens (tertiary/aromatic N) is 5. The minimum Gasteiger partial charge on any atom is -0.466 e. The second-order valence-corrected chi connectivity index (χ2v) is 7.38. The van der Waals surface area contributed by atoms with Gasteiger partial charge in [0.05, 0.1) is 19.1 Å². The van der Waals surface area contributed by atoms with Crippen molar-refractivity contribution in [1.29, 1.82) is 0 Å². The average Bonchev–Trinajstić information content (AvgIpc) is 3.24. The second-order valence-electron chi connectivity index (χ2n) is 7.38. The van der Waals surface area contributed by atoms with E-state index >= 15 is 0 Å². The van der Waals surface area contributed by atoms with E-state index in [-0.39, 0.29) is 35.9 Å². The molecule has 1 aromatic carbocycles. The number of carbonyl (C=O) groups excluding carboxylic acids is 1. The molecule has 8 nitrogen and oxygen atoms in total. The van der Waals surface area contributed by atoms with Crippen molar-refractivity contribution in [3.63, 3.8) is 0 Å². The largest absolute Gasteiger partial charge is 0.466 e. The van der Waals surface area contributed by atoms with E-state index in [1.165, 1.54) is 0 Å². The predicted octanol–water partition coefficient (Wildman–Crippen LogP) is 2.88. The summed E-state index contributed by atoms with van der Waals surface area (Å²) in [4.78, 5) is 19.3. The molecular weight excluding hydrogens is 507 g/mol. The molecule has 2 aromatic rings. The van der Waals surface area contributed by atoms with E-state index in [0.29, 0.717) is 26.2 Å². The van der Waals surface area contributed by atoms with Crippen LogP contribution in [0, 0.1) is 5.92 Å². The van der Waals surface area contributed by atoms with Crippen molar-refractivity contribution in [2.24, 2.45) is 10.9 Å². The van der Waals surface area contributed by atoms with E-state index in [0.717, 1.165) is 49.7 Å². The standard InChI is InChI=1S/C22H32N6O2.HI/c1-3-20-26-25-17-28(20)14-12-23-22(24-15-18-9-6-5-7-10-18)27-13-8-11-19(16-27)21(29)30-4-2;/h5-7,9-10,17,19H,3-4,8,11-16H2,1-2H3,(H,23,24);1H. The second kappa shape index (κ2) is 13.3.